The van der Waals surface area contributed by atoms with E-state index in [9.17, 15) is 18.0 Å². The first kappa shape index (κ1) is 23.3. The summed E-state index contributed by atoms with van der Waals surface area (Å²) in [6.45, 7) is 8.16. The molecule has 0 aromatic heterocycles. The molecule has 2 aromatic carbocycles. The summed E-state index contributed by atoms with van der Waals surface area (Å²) in [5.74, 6) is 0.593. The molecular formula is C24H28F3NO3. The summed E-state index contributed by atoms with van der Waals surface area (Å²) in [4.78, 5) is 14.8. The van der Waals surface area contributed by atoms with Crippen LogP contribution in [0.4, 0.5) is 13.2 Å². The fourth-order valence-electron chi connectivity index (χ4n) is 3.67. The first-order valence-electron chi connectivity index (χ1n) is 10.4. The number of carbonyl (C=O) groups excluding carboxylic acids is 1. The average molecular weight is 435 g/mol. The van der Waals surface area contributed by atoms with Crippen LogP contribution in [0.5, 0.6) is 5.75 Å². The summed E-state index contributed by atoms with van der Waals surface area (Å²) < 4.78 is 50.3. The van der Waals surface area contributed by atoms with E-state index in [0.717, 1.165) is 61.9 Å². The topological polar surface area (TPSA) is 38.8 Å². The highest BCUT2D eigenvalue weighted by Crippen LogP contribution is 2.31. The Morgan fingerprint density at radius 1 is 1.03 bits per heavy atom. The van der Waals surface area contributed by atoms with Crippen LogP contribution in [-0.2, 0) is 28.5 Å². The lowest BCUT2D eigenvalue weighted by Gasteiger charge is -2.26. The molecule has 0 spiro atoms. The van der Waals surface area contributed by atoms with Crippen LogP contribution in [0.2, 0.25) is 0 Å². The number of benzene rings is 2. The van der Waals surface area contributed by atoms with Crippen LogP contribution in [0.25, 0.3) is 0 Å². The van der Waals surface area contributed by atoms with E-state index in [1.54, 1.807) is 13.0 Å². The van der Waals surface area contributed by atoms with Crippen molar-refractivity contribution in [3.05, 3.63) is 64.2 Å². The lowest BCUT2D eigenvalue weighted by Crippen LogP contribution is -2.38. The summed E-state index contributed by atoms with van der Waals surface area (Å²) in [6.07, 6.45) is -4.31. The molecule has 3 rings (SSSR count). The Bertz CT molecular complexity index is 905. The van der Waals surface area contributed by atoms with Gasteiger partial charge in [0.2, 0.25) is 0 Å². The van der Waals surface area contributed by atoms with Gasteiger partial charge in [0.05, 0.1) is 18.8 Å². The molecule has 1 saturated heterocycles. The first-order chi connectivity index (χ1) is 14.7. The molecule has 1 aliphatic heterocycles. The van der Waals surface area contributed by atoms with Gasteiger partial charge in [-0.05, 0) is 48.7 Å². The number of alkyl halides is 3. The van der Waals surface area contributed by atoms with Gasteiger partial charge < -0.3 is 9.47 Å². The molecule has 1 aliphatic rings. The Balaban J connectivity index is 1.59. The minimum Gasteiger partial charge on any atom is -0.492 e. The quantitative estimate of drug-likeness (QED) is 0.617. The lowest BCUT2D eigenvalue weighted by molar-refractivity contribution is -0.137. The average Bonchev–Trinajstić information content (AvgIpc) is 2.70. The third kappa shape index (κ3) is 7.08. The van der Waals surface area contributed by atoms with E-state index in [-0.39, 0.29) is 18.6 Å². The van der Waals surface area contributed by atoms with Crippen LogP contribution in [-0.4, -0.2) is 50.1 Å². The fraction of sp³-hybridized carbons (Fsp3) is 0.458. The normalized spacial score (nSPS) is 15.1. The molecule has 0 N–H and O–H groups in total. The van der Waals surface area contributed by atoms with E-state index in [1.165, 1.54) is 0 Å². The number of ketones is 1. The monoisotopic (exact) mass is 435 g/mol. The largest absolute Gasteiger partial charge is 0.492 e. The van der Waals surface area contributed by atoms with Crippen molar-refractivity contribution in [3.8, 4) is 5.75 Å². The van der Waals surface area contributed by atoms with E-state index in [0.29, 0.717) is 17.7 Å². The van der Waals surface area contributed by atoms with Crippen LogP contribution >= 0.6 is 0 Å². The van der Waals surface area contributed by atoms with Gasteiger partial charge in [-0.3, -0.25) is 9.69 Å². The second kappa shape index (κ2) is 10.3. The van der Waals surface area contributed by atoms with Crippen molar-refractivity contribution in [1.29, 1.82) is 0 Å². The second-order valence-corrected chi connectivity index (χ2v) is 8.00. The van der Waals surface area contributed by atoms with Gasteiger partial charge >= 0.3 is 6.18 Å². The van der Waals surface area contributed by atoms with Gasteiger partial charge in [-0.2, -0.15) is 13.2 Å². The highest BCUT2D eigenvalue weighted by Gasteiger charge is 2.31. The van der Waals surface area contributed by atoms with Crippen LogP contribution in [0, 0.1) is 13.8 Å². The Morgan fingerprint density at radius 2 is 1.74 bits per heavy atom. The smallest absolute Gasteiger partial charge is 0.416 e. The summed E-state index contributed by atoms with van der Waals surface area (Å²) in [5, 5.41) is 0. The molecule has 31 heavy (non-hydrogen) atoms. The first-order valence-corrected chi connectivity index (χ1v) is 10.4. The van der Waals surface area contributed by atoms with E-state index in [2.05, 4.69) is 4.90 Å². The van der Waals surface area contributed by atoms with Crippen LogP contribution in [0.1, 0.15) is 27.8 Å². The third-order valence-electron chi connectivity index (χ3n) is 5.29. The zero-order valence-electron chi connectivity index (χ0n) is 17.9. The predicted octanol–water partition coefficient (Wildman–Crippen LogP) is 4.39. The van der Waals surface area contributed by atoms with Gasteiger partial charge in [-0.25, -0.2) is 0 Å². The molecule has 168 valence electrons. The number of ether oxygens (including phenoxy) is 2. The number of nitrogens with zero attached hydrogens (tertiary/aromatic N) is 1. The maximum absolute atomic E-state index is 13.0. The molecule has 0 atom stereocenters. The molecular weight excluding hydrogens is 407 g/mol. The molecule has 4 nitrogen and oxygen atoms in total. The van der Waals surface area contributed by atoms with E-state index < -0.39 is 11.7 Å². The molecule has 7 heteroatoms. The molecule has 2 aromatic rings. The van der Waals surface area contributed by atoms with Crippen molar-refractivity contribution in [2.45, 2.75) is 32.9 Å². The SMILES string of the molecule is Cc1cc(CC(=O)Cc2ccc(C)c(OCCN3CCOCC3)c2)cc(C(F)(F)F)c1. The highest BCUT2D eigenvalue weighted by molar-refractivity contribution is 5.83. The van der Waals surface area contributed by atoms with Crippen molar-refractivity contribution in [2.75, 3.05) is 39.5 Å². The van der Waals surface area contributed by atoms with Crippen molar-refractivity contribution in [1.82, 2.24) is 4.90 Å². The number of halogens is 3. The molecule has 0 unspecified atom stereocenters. The number of hydrogen-bond acceptors (Lipinski definition) is 4. The van der Waals surface area contributed by atoms with Crippen LogP contribution in [0.3, 0.4) is 0 Å². The third-order valence-corrected chi connectivity index (χ3v) is 5.29. The summed E-state index contributed by atoms with van der Waals surface area (Å²) in [7, 11) is 0. The number of hydrogen-bond donors (Lipinski definition) is 0. The number of aryl methyl sites for hydroxylation is 2. The summed E-state index contributed by atoms with van der Waals surface area (Å²) >= 11 is 0. The second-order valence-electron chi connectivity index (χ2n) is 8.00. The summed E-state index contributed by atoms with van der Waals surface area (Å²) in [6, 6.07) is 9.39. The molecule has 0 amide bonds. The zero-order valence-corrected chi connectivity index (χ0v) is 17.9. The minimum absolute atomic E-state index is 0.0359. The Hall–Kier alpha value is -2.38. The van der Waals surface area contributed by atoms with Gasteiger partial charge in [0.15, 0.2) is 0 Å². The van der Waals surface area contributed by atoms with E-state index >= 15 is 0 Å². The number of Topliss-reactive ketones (excluding diaryl/α,β-unsaturated/α-hetero) is 1. The molecule has 1 heterocycles. The Kier molecular flexibility index (Phi) is 7.73. The summed E-state index contributed by atoms with van der Waals surface area (Å²) in [5.41, 5.74) is 1.92. The van der Waals surface area contributed by atoms with Gasteiger partial charge in [-0.1, -0.05) is 23.8 Å². The molecule has 0 saturated carbocycles. The van der Waals surface area contributed by atoms with Crippen LogP contribution in [0.15, 0.2) is 36.4 Å². The standard InChI is InChI=1S/C24H28F3NO3/c1-17-11-20(13-21(12-17)24(25,26)27)15-22(29)14-19-4-3-18(2)23(16-19)31-10-7-28-5-8-30-9-6-28/h3-4,11-13,16H,5-10,14-15H2,1-2H3. The molecule has 1 fully saturated rings. The van der Waals surface area contributed by atoms with Crippen molar-refractivity contribution < 1.29 is 27.4 Å². The van der Waals surface area contributed by atoms with Gasteiger partial charge in [-0.15, -0.1) is 0 Å². The van der Waals surface area contributed by atoms with Crippen molar-refractivity contribution in [3.63, 3.8) is 0 Å². The minimum atomic E-state index is -4.42. The zero-order chi connectivity index (χ0) is 22.4. The maximum atomic E-state index is 13.0. The van der Waals surface area contributed by atoms with Crippen molar-refractivity contribution in [2.24, 2.45) is 0 Å². The fourth-order valence-corrected chi connectivity index (χ4v) is 3.67. The van der Waals surface area contributed by atoms with E-state index in [1.807, 2.05) is 25.1 Å². The Labute approximate surface area is 181 Å². The lowest BCUT2D eigenvalue weighted by atomic mass is 9.98. The number of morpholine rings is 1. The Morgan fingerprint density at radius 3 is 2.45 bits per heavy atom. The van der Waals surface area contributed by atoms with E-state index in [4.69, 9.17) is 9.47 Å². The van der Waals surface area contributed by atoms with Gasteiger partial charge in [0, 0.05) is 32.5 Å². The van der Waals surface area contributed by atoms with Gasteiger partial charge in [0.1, 0.15) is 18.1 Å². The molecule has 0 aliphatic carbocycles. The molecule has 0 bridgehead atoms. The number of carbonyl (C=O) groups is 1. The van der Waals surface area contributed by atoms with Crippen LogP contribution < -0.4 is 4.74 Å². The number of rotatable bonds is 8. The predicted molar refractivity (Wildman–Crippen MR) is 113 cm³/mol. The van der Waals surface area contributed by atoms with Gasteiger partial charge in [0.25, 0.3) is 0 Å². The maximum Gasteiger partial charge on any atom is 0.416 e. The molecule has 0 radical (unpaired) electrons. The highest BCUT2D eigenvalue weighted by atomic mass is 19.4. The van der Waals surface area contributed by atoms with Crippen molar-refractivity contribution >= 4 is 5.78 Å².